The van der Waals surface area contributed by atoms with Gasteiger partial charge in [-0.25, -0.2) is 4.79 Å². The van der Waals surface area contributed by atoms with Crippen LogP contribution in [0, 0.1) is 0 Å². The molecule has 1 heterocycles. The van der Waals surface area contributed by atoms with Crippen LogP contribution in [0.15, 0.2) is 36.5 Å². The van der Waals surface area contributed by atoms with Crippen molar-refractivity contribution in [1.29, 1.82) is 0 Å². The molecule has 1 aliphatic rings. The summed E-state index contributed by atoms with van der Waals surface area (Å²) in [6.07, 6.45) is 30.5. The molecule has 0 amide bonds. The van der Waals surface area contributed by atoms with Crippen LogP contribution < -0.4 is 0 Å². The summed E-state index contributed by atoms with van der Waals surface area (Å²) in [5.74, 6) is -2.47. The van der Waals surface area contributed by atoms with Gasteiger partial charge in [0.15, 0.2) is 18.5 Å². The highest BCUT2D eigenvalue weighted by atomic mass is 16.7. The molecular formula is C45H78O11. The molecule has 6 atom stereocenters. The van der Waals surface area contributed by atoms with E-state index in [0.29, 0.717) is 12.8 Å². The molecule has 4 N–H and O–H groups in total. The fourth-order valence-electron chi connectivity index (χ4n) is 6.42. The van der Waals surface area contributed by atoms with E-state index in [2.05, 4.69) is 50.3 Å². The second-order valence-corrected chi connectivity index (χ2v) is 15.2. The molecule has 0 aromatic rings. The third kappa shape index (κ3) is 27.1. The Morgan fingerprint density at radius 3 is 1.55 bits per heavy atom. The normalized spacial score (nSPS) is 20.6. The van der Waals surface area contributed by atoms with E-state index in [0.717, 1.165) is 83.5 Å². The largest absolute Gasteiger partial charge is 0.479 e. The summed E-state index contributed by atoms with van der Waals surface area (Å²) in [5.41, 5.74) is 0. The van der Waals surface area contributed by atoms with Crippen molar-refractivity contribution in [3.05, 3.63) is 36.5 Å². The van der Waals surface area contributed by atoms with E-state index >= 15 is 0 Å². The van der Waals surface area contributed by atoms with Crippen molar-refractivity contribution in [2.24, 2.45) is 0 Å². The Balaban J connectivity index is 2.40. The van der Waals surface area contributed by atoms with Crippen LogP contribution in [0.2, 0.25) is 0 Å². The fourth-order valence-corrected chi connectivity index (χ4v) is 6.42. The lowest BCUT2D eigenvalue weighted by molar-refractivity contribution is -0.298. The lowest BCUT2D eigenvalue weighted by Gasteiger charge is -2.38. The first kappa shape index (κ1) is 51.4. The number of carbonyl (C=O) groups is 3. The number of aliphatic carboxylic acids is 1. The number of aliphatic hydroxyl groups is 3. The van der Waals surface area contributed by atoms with Crippen molar-refractivity contribution < 1.29 is 53.8 Å². The molecule has 0 bridgehead atoms. The molecule has 0 saturated carbocycles. The summed E-state index contributed by atoms with van der Waals surface area (Å²) < 4.78 is 21.7. The Hall–Kier alpha value is -2.57. The first-order chi connectivity index (χ1) is 27.2. The number of allylic oxidation sites excluding steroid dienone is 6. The summed E-state index contributed by atoms with van der Waals surface area (Å²) in [7, 11) is 0. The summed E-state index contributed by atoms with van der Waals surface area (Å²) >= 11 is 0. The van der Waals surface area contributed by atoms with Gasteiger partial charge in [0.25, 0.3) is 0 Å². The quantitative estimate of drug-likeness (QED) is 0.0271. The average Bonchev–Trinajstić information content (AvgIpc) is 3.18. The molecule has 0 spiro atoms. The molecule has 6 unspecified atom stereocenters. The molecule has 0 aliphatic carbocycles. The lowest BCUT2D eigenvalue weighted by atomic mass is 9.99. The smallest absolute Gasteiger partial charge is 0.335 e. The second kappa shape index (κ2) is 35.6. The van der Waals surface area contributed by atoms with Gasteiger partial charge in [0.1, 0.15) is 24.9 Å². The first-order valence-corrected chi connectivity index (χ1v) is 22.0. The monoisotopic (exact) mass is 795 g/mol. The van der Waals surface area contributed by atoms with E-state index in [1.165, 1.54) is 57.8 Å². The minimum absolute atomic E-state index is 0.170. The molecule has 0 aromatic carbocycles. The maximum atomic E-state index is 12.8. The highest BCUT2D eigenvalue weighted by Gasteiger charge is 2.47. The lowest BCUT2D eigenvalue weighted by Crippen LogP contribution is -2.60. The minimum atomic E-state index is -1.86. The zero-order chi connectivity index (χ0) is 41.1. The van der Waals surface area contributed by atoms with Crippen molar-refractivity contribution in [1.82, 2.24) is 0 Å². The highest BCUT2D eigenvalue weighted by Crippen LogP contribution is 2.23. The van der Waals surface area contributed by atoms with Crippen LogP contribution in [0.4, 0.5) is 0 Å². The number of unbranched alkanes of at least 4 members (excludes halogenated alkanes) is 19. The molecule has 1 saturated heterocycles. The van der Waals surface area contributed by atoms with Gasteiger partial charge in [0, 0.05) is 12.8 Å². The number of hydrogen-bond donors (Lipinski definition) is 4. The van der Waals surface area contributed by atoms with Gasteiger partial charge in [0.05, 0.1) is 6.61 Å². The maximum absolute atomic E-state index is 12.8. The van der Waals surface area contributed by atoms with Gasteiger partial charge in [-0.05, 0) is 64.2 Å². The van der Waals surface area contributed by atoms with Crippen LogP contribution in [-0.2, 0) is 33.3 Å². The Labute approximate surface area is 338 Å². The van der Waals surface area contributed by atoms with Gasteiger partial charge in [-0.1, -0.05) is 140 Å². The second-order valence-electron chi connectivity index (χ2n) is 15.2. The standard InChI is InChI=1S/C45H78O11/c1-3-5-7-9-11-13-15-17-19-20-22-24-26-28-30-32-34-39(47)55-37(36-54-45-42(50)40(48)41(49)43(56-45)44(51)52)35-53-38(46)33-31-29-27-25-23-21-18-16-14-12-10-8-6-4-2/h10,12,16,18-20,37,40-43,45,48-50H,3-9,11,13-15,17,21-36H2,1-2H3,(H,51,52)/b12-10-,18-16-,20-19-. The molecule has 1 aliphatic heterocycles. The van der Waals surface area contributed by atoms with Gasteiger partial charge >= 0.3 is 17.9 Å². The number of hydrogen-bond acceptors (Lipinski definition) is 10. The molecule has 11 nitrogen and oxygen atoms in total. The van der Waals surface area contributed by atoms with Crippen LogP contribution in [0.25, 0.3) is 0 Å². The Bertz CT molecular complexity index is 1070. The average molecular weight is 795 g/mol. The van der Waals surface area contributed by atoms with Crippen LogP contribution in [0.3, 0.4) is 0 Å². The third-order valence-electron chi connectivity index (χ3n) is 9.96. The first-order valence-electron chi connectivity index (χ1n) is 22.0. The van der Waals surface area contributed by atoms with E-state index < -0.39 is 61.3 Å². The summed E-state index contributed by atoms with van der Waals surface area (Å²) in [5, 5.41) is 39.8. The van der Waals surface area contributed by atoms with Gasteiger partial charge in [-0.15, -0.1) is 0 Å². The Morgan fingerprint density at radius 2 is 1.02 bits per heavy atom. The van der Waals surface area contributed by atoms with E-state index in [4.69, 9.17) is 18.9 Å². The zero-order valence-corrected chi connectivity index (χ0v) is 34.9. The van der Waals surface area contributed by atoms with Crippen LogP contribution in [0.5, 0.6) is 0 Å². The predicted molar refractivity (Wildman–Crippen MR) is 220 cm³/mol. The van der Waals surface area contributed by atoms with Gasteiger partial charge in [-0.2, -0.15) is 0 Å². The number of rotatable bonds is 36. The molecule has 0 radical (unpaired) electrons. The predicted octanol–water partition coefficient (Wildman–Crippen LogP) is 9.20. The topological polar surface area (TPSA) is 169 Å². The molecular weight excluding hydrogens is 716 g/mol. The van der Waals surface area contributed by atoms with Crippen molar-refractivity contribution in [2.75, 3.05) is 13.2 Å². The number of esters is 2. The van der Waals surface area contributed by atoms with E-state index in [9.17, 15) is 34.8 Å². The van der Waals surface area contributed by atoms with Crippen molar-refractivity contribution in [3.63, 3.8) is 0 Å². The van der Waals surface area contributed by atoms with Gasteiger partial charge in [0.2, 0.25) is 0 Å². The van der Waals surface area contributed by atoms with Crippen LogP contribution >= 0.6 is 0 Å². The fraction of sp³-hybridized carbons (Fsp3) is 0.800. The van der Waals surface area contributed by atoms with E-state index in [-0.39, 0.29) is 19.4 Å². The Morgan fingerprint density at radius 1 is 0.554 bits per heavy atom. The van der Waals surface area contributed by atoms with Crippen molar-refractivity contribution in [3.8, 4) is 0 Å². The molecule has 324 valence electrons. The molecule has 56 heavy (non-hydrogen) atoms. The van der Waals surface area contributed by atoms with Gasteiger partial charge < -0.3 is 39.4 Å². The molecule has 0 aromatic heterocycles. The number of carboxylic acid groups (broad SMARTS) is 1. The van der Waals surface area contributed by atoms with E-state index in [1.807, 2.05) is 0 Å². The van der Waals surface area contributed by atoms with Crippen molar-refractivity contribution >= 4 is 17.9 Å². The number of ether oxygens (including phenoxy) is 4. The van der Waals surface area contributed by atoms with E-state index in [1.54, 1.807) is 0 Å². The number of carboxylic acids is 1. The van der Waals surface area contributed by atoms with Crippen LogP contribution in [0.1, 0.15) is 181 Å². The minimum Gasteiger partial charge on any atom is -0.479 e. The summed E-state index contributed by atoms with van der Waals surface area (Å²) in [4.78, 5) is 36.8. The summed E-state index contributed by atoms with van der Waals surface area (Å²) in [6, 6.07) is 0. The van der Waals surface area contributed by atoms with Crippen molar-refractivity contribution in [2.45, 2.75) is 218 Å². The zero-order valence-electron chi connectivity index (χ0n) is 34.9. The van der Waals surface area contributed by atoms with Gasteiger partial charge in [-0.3, -0.25) is 9.59 Å². The molecule has 1 fully saturated rings. The molecule has 11 heteroatoms. The Kier molecular flexibility index (Phi) is 32.7. The maximum Gasteiger partial charge on any atom is 0.335 e. The van der Waals surface area contributed by atoms with Crippen LogP contribution in [-0.4, -0.2) is 88.4 Å². The number of carbonyl (C=O) groups excluding carboxylic acids is 2. The SMILES string of the molecule is CCCC/C=C\C/C=C\CCCCCCCC(=O)OCC(COC1OC(C(=O)O)C(O)C(O)C1O)OC(=O)CCCCCCC/C=C\CCCCCCCCC. The molecule has 1 rings (SSSR count). The highest BCUT2D eigenvalue weighted by molar-refractivity contribution is 5.73. The summed E-state index contributed by atoms with van der Waals surface area (Å²) in [6.45, 7) is 3.74. The number of aliphatic hydroxyl groups excluding tert-OH is 3. The third-order valence-corrected chi connectivity index (χ3v) is 9.96.